The van der Waals surface area contributed by atoms with Crippen molar-refractivity contribution >= 4 is 38.2 Å². The first-order chi connectivity index (χ1) is 15.9. The van der Waals surface area contributed by atoms with Crippen LogP contribution >= 0.6 is 0 Å². The van der Waals surface area contributed by atoms with Gasteiger partial charge in [-0.05, 0) is 65.7 Å². The molecule has 1 unspecified atom stereocenters. The van der Waals surface area contributed by atoms with Crippen molar-refractivity contribution in [2.45, 2.75) is 24.3 Å². The SMILES string of the molecule is CCC(Oc1ccc2ccccc2c1)C(=O)Nc1ccc(S(=O)(=O)Nc2ccccn2)cc1. The summed E-state index contributed by atoms with van der Waals surface area (Å²) in [6, 6.07) is 24.5. The van der Waals surface area contributed by atoms with Gasteiger partial charge in [0.1, 0.15) is 11.6 Å². The Morgan fingerprint density at radius 3 is 2.36 bits per heavy atom. The lowest BCUT2D eigenvalue weighted by molar-refractivity contribution is -0.122. The minimum Gasteiger partial charge on any atom is -0.481 e. The van der Waals surface area contributed by atoms with Crippen LogP contribution in [0.15, 0.2) is 96.0 Å². The Kier molecular flexibility index (Phi) is 6.55. The molecule has 0 spiro atoms. The third-order valence-corrected chi connectivity index (χ3v) is 6.37. The first-order valence-corrected chi connectivity index (χ1v) is 11.9. The highest BCUT2D eigenvalue weighted by Gasteiger charge is 2.20. The van der Waals surface area contributed by atoms with Crippen molar-refractivity contribution in [2.24, 2.45) is 0 Å². The maximum absolute atomic E-state index is 12.8. The third-order valence-electron chi connectivity index (χ3n) is 5.00. The largest absolute Gasteiger partial charge is 0.481 e. The van der Waals surface area contributed by atoms with E-state index in [2.05, 4.69) is 15.0 Å². The normalized spacial score (nSPS) is 12.2. The number of nitrogens with zero attached hydrogens (tertiary/aromatic N) is 1. The van der Waals surface area contributed by atoms with Gasteiger partial charge in [0.25, 0.3) is 15.9 Å². The third kappa shape index (κ3) is 5.48. The van der Waals surface area contributed by atoms with E-state index in [0.717, 1.165) is 10.8 Å². The molecule has 7 nitrogen and oxygen atoms in total. The number of benzene rings is 3. The molecule has 1 heterocycles. The van der Waals surface area contributed by atoms with Crippen LogP contribution in [0, 0.1) is 0 Å². The lowest BCUT2D eigenvalue weighted by Gasteiger charge is -2.18. The fourth-order valence-corrected chi connectivity index (χ4v) is 4.30. The number of carbonyl (C=O) groups excluding carboxylic acids is 1. The molecule has 0 saturated carbocycles. The van der Waals surface area contributed by atoms with Crippen LogP contribution in [0.3, 0.4) is 0 Å². The smallest absolute Gasteiger partial charge is 0.265 e. The molecule has 0 aliphatic rings. The molecule has 1 amide bonds. The van der Waals surface area contributed by atoms with Gasteiger partial charge in [-0.25, -0.2) is 13.4 Å². The van der Waals surface area contributed by atoms with E-state index in [-0.39, 0.29) is 16.6 Å². The van der Waals surface area contributed by atoms with Gasteiger partial charge in [-0.15, -0.1) is 0 Å². The van der Waals surface area contributed by atoms with Gasteiger partial charge < -0.3 is 10.1 Å². The maximum Gasteiger partial charge on any atom is 0.265 e. The fourth-order valence-electron chi connectivity index (χ4n) is 3.29. The molecule has 0 saturated heterocycles. The van der Waals surface area contributed by atoms with Crippen LogP contribution < -0.4 is 14.8 Å². The summed E-state index contributed by atoms with van der Waals surface area (Å²) in [7, 11) is -3.79. The molecule has 0 bridgehead atoms. The summed E-state index contributed by atoms with van der Waals surface area (Å²) in [6.07, 6.45) is 1.28. The Balaban J connectivity index is 1.42. The van der Waals surface area contributed by atoms with Crippen molar-refractivity contribution in [1.29, 1.82) is 0 Å². The van der Waals surface area contributed by atoms with Gasteiger partial charge in [0, 0.05) is 11.9 Å². The second-order valence-corrected chi connectivity index (χ2v) is 9.04. The highest BCUT2D eigenvalue weighted by molar-refractivity contribution is 7.92. The summed E-state index contributed by atoms with van der Waals surface area (Å²) in [6.45, 7) is 1.87. The molecule has 2 N–H and O–H groups in total. The van der Waals surface area contributed by atoms with E-state index < -0.39 is 16.1 Å². The highest BCUT2D eigenvalue weighted by atomic mass is 32.2. The number of anilines is 2. The van der Waals surface area contributed by atoms with E-state index >= 15 is 0 Å². The summed E-state index contributed by atoms with van der Waals surface area (Å²) < 4.78 is 33.4. The average Bonchev–Trinajstić information content (AvgIpc) is 2.83. The molecule has 0 aliphatic carbocycles. The quantitative estimate of drug-likeness (QED) is 0.392. The number of rotatable bonds is 8. The van der Waals surface area contributed by atoms with Gasteiger partial charge in [-0.2, -0.15) is 0 Å². The van der Waals surface area contributed by atoms with E-state index in [4.69, 9.17) is 4.74 Å². The molecule has 1 atom stereocenters. The van der Waals surface area contributed by atoms with E-state index in [9.17, 15) is 13.2 Å². The molecular formula is C25H23N3O4S. The molecule has 4 rings (SSSR count). The van der Waals surface area contributed by atoms with Gasteiger partial charge in [0.2, 0.25) is 0 Å². The number of amides is 1. The van der Waals surface area contributed by atoms with Gasteiger partial charge in [-0.3, -0.25) is 9.52 Å². The Morgan fingerprint density at radius 1 is 0.939 bits per heavy atom. The summed E-state index contributed by atoms with van der Waals surface area (Å²) in [5, 5.41) is 4.91. The average molecular weight is 462 g/mol. The number of pyridine rings is 1. The zero-order valence-electron chi connectivity index (χ0n) is 17.9. The van der Waals surface area contributed by atoms with Crippen LogP contribution in [-0.2, 0) is 14.8 Å². The lowest BCUT2D eigenvalue weighted by Crippen LogP contribution is -2.32. The van der Waals surface area contributed by atoms with E-state index in [1.807, 2.05) is 49.4 Å². The lowest BCUT2D eigenvalue weighted by atomic mass is 10.1. The van der Waals surface area contributed by atoms with E-state index in [0.29, 0.717) is 17.9 Å². The standard InChI is InChI=1S/C25H23N3O4S/c1-2-23(32-21-13-10-18-7-3-4-8-19(18)17-21)25(29)27-20-11-14-22(15-12-20)33(30,31)28-24-9-5-6-16-26-24/h3-17,23H,2H2,1H3,(H,26,28)(H,27,29). The van der Waals surface area contributed by atoms with Gasteiger partial charge >= 0.3 is 0 Å². The molecule has 0 radical (unpaired) electrons. The van der Waals surface area contributed by atoms with Crippen molar-refractivity contribution in [3.8, 4) is 5.75 Å². The van der Waals surface area contributed by atoms with Gasteiger partial charge in [-0.1, -0.05) is 43.3 Å². The second-order valence-electron chi connectivity index (χ2n) is 7.36. The van der Waals surface area contributed by atoms with Crippen molar-refractivity contribution < 1.29 is 17.9 Å². The van der Waals surface area contributed by atoms with Crippen LogP contribution in [0.5, 0.6) is 5.75 Å². The number of aromatic nitrogens is 1. The first kappa shape index (κ1) is 22.3. The number of hydrogen-bond acceptors (Lipinski definition) is 5. The van der Waals surface area contributed by atoms with Crippen LogP contribution in [-0.4, -0.2) is 25.4 Å². The number of hydrogen-bond donors (Lipinski definition) is 2. The minimum absolute atomic E-state index is 0.0607. The highest BCUT2D eigenvalue weighted by Crippen LogP contribution is 2.23. The van der Waals surface area contributed by atoms with E-state index in [1.54, 1.807) is 18.2 Å². The number of ether oxygens (including phenoxy) is 1. The molecule has 3 aromatic carbocycles. The Hall–Kier alpha value is -3.91. The van der Waals surface area contributed by atoms with Crippen molar-refractivity contribution in [2.75, 3.05) is 10.0 Å². The molecule has 8 heteroatoms. The summed E-state index contributed by atoms with van der Waals surface area (Å²) in [5.74, 6) is 0.525. The minimum atomic E-state index is -3.79. The predicted molar refractivity (Wildman–Crippen MR) is 129 cm³/mol. The fraction of sp³-hybridized carbons (Fsp3) is 0.120. The Labute approximate surface area is 192 Å². The van der Waals surface area contributed by atoms with Crippen molar-refractivity contribution in [3.05, 3.63) is 91.1 Å². The zero-order chi connectivity index (χ0) is 23.3. The number of nitrogens with one attached hydrogen (secondary N) is 2. The molecule has 0 fully saturated rings. The van der Waals surface area contributed by atoms with Gasteiger partial charge in [0.05, 0.1) is 4.90 Å². The summed E-state index contributed by atoms with van der Waals surface area (Å²) in [5.41, 5.74) is 0.470. The maximum atomic E-state index is 12.8. The first-order valence-electron chi connectivity index (χ1n) is 10.4. The van der Waals surface area contributed by atoms with Crippen LogP contribution in [0.2, 0.25) is 0 Å². The van der Waals surface area contributed by atoms with Crippen LogP contribution in [0.25, 0.3) is 10.8 Å². The Morgan fingerprint density at radius 2 is 1.67 bits per heavy atom. The van der Waals surface area contributed by atoms with Crippen LogP contribution in [0.1, 0.15) is 13.3 Å². The Bertz CT molecular complexity index is 1360. The van der Waals surface area contributed by atoms with Crippen LogP contribution in [0.4, 0.5) is 11.5 Å². The monoisotopic (exact) mass is 461 g/mol. The summed E-state index contributed by atoms with van der Waals surface area (Å²) in [4.78, 5) is 16.8. The molecule has 0 aliphatic heterocycles. The van der Waals surface area contributed by atoms with E-state index in [1.165, 1.54) is 30.5 Å². The summed E-state index contributed by atoms with van der Waals surface area (Å²) >= 11 is 0. The van der Waals surface area contributed by atoms with Gasteiger partial charge in [0.15, 0.2) is 6.10 Å². The molecule has 33 heavy (non-hydrogen) atoms. The molecular weight excluding hydrogens is 438 g/mol. The number of sulfonamides is 1. The zero-order valence-corrected chi connectivity index (χ0v) is 18.7. The molecule has 1 aromatic heterocycles. The van der Waals surface area contributed by atoms with Crippen molar-refractivity contribution in [3.63, 3.8) is 0 Å². The second kappa shape index (κ2) is 9.70. The molecule has 168 valence electrons. The van der Waals surface area contributed by atoms with Crippen molar-refractivity contribution in [1.82, 2.24) is 4.98 Å². The number of carbonyl (C=O) groups is 1. The topological polar surface area (TPSA) is 97.4 Å². The predicted octanol–water partition coefficient (Wildman–Crippen LogP) is 4.83. The number of fused-ring (bicyclic) bond motifs is 1. The molecule has 4 aromatic rings.